The highest BCUT2D eigenvalue weighted by Crippen LogP contribution is 2.26. The van der Waals surface area contributed by atoms with Crippen LogP contribution in [0, 0.1) is 0 Å². The SMILES string of the molecule is COC(=O)c1c(Cl)nc(N2CCN(C)CC2)nc1NCc1ccccc1. The van der Waals surface area contributed by atoms with E-state index in [2.05, 4.69) is 32.1 Å². The molecule has 0 saturated carbocycles. The number of likely N-dealkylation sites (N-methyl/N-ethyl adjacent to an activating group) is 1. The summed E-state index contributed by atoms with van der Waals surface area (Å²) in [6.07, 6.45) is 0. The van der Waals surface area contributed by atoms with Gasteiger partial charge in [0.05, 0.1) is 7.11 Å². The highest BCUT2D eigenvalue weighted by molar-refractivity contribution is 6.33. The van der Waals surface area contributed by atoms with Crippen molar-refractivity contribution < 1.29 is 9.53 Å². The van der Waals surface area contributed by atoms with Crippen LogP contribution in [0.1, 0.15) is 15.9 Å². The van der Waals surface area contributed by atoms with E-state index in [1.54, 1.807) is 0 Å². The van der Waals surface area contributed by atoms with Crippen molar-refractivity contribution in [2.75, 3.05) is 50.6 Å². The Balaban J connectivity index is 1.89. The Morgan fingerprint density at radius 2 is 1.88 bits per heavy atom. The number of hydrogen-bond acceptors (Lipinski definition) is 7. The Morgan fingerprint density at radius 1 is 1.19 bits per heavy atom. The number of halogens is 1. The van der Waals surface area contributed by atoms with Crippen molar-refractivity contribution in [1.29, 1.82) is 0 Å². The van der Waals surface area contributed by atoms with E-state index in [1.165, 1.54) is 7.11 Å². The van der Waals surface area contributed by atoms with Crippen LogP contribution in [0.4, 0.5) is 11.8 Å². The third-order valence-electron chi connectivity index (χ3n) is 4.33. The van der Waals surface area contributed by atoms with E-state index in [-0.39, 0.29) is 10.7 Å². The second kappa shape index (κ2) is 8.33. The molecule has 138 valence electrons. The van der Waals surface area contributed by atoms with E-state index in [1.807, 2.05) is 30.3 Å². The normalized spacial score (nSPS) is 15.0. The Labute approximate surface area is 157 Å². The lowest BCUT2D eigenvalue weighted by molar-refractivity contribution is 0.0601. The van der Waals surface area contributed by atoms with Gasteiger partial charge in [-0.05, 0) is 12.6 Å². The number of ether oxygens (including phenoxy) is 1. The molecule has 0 aliphatic carbocycles. The standard InChI is InChI=1S/C18H22ClN5O2/c1-23-8-10-24(11-9-23)18-21-15(19)14(17(25)26-2)16(22-18)20-12-13-6-4-3-5-7-13/h3-7H,8-12H2,1-2H3,(H,20,21,22). The average molecular weight is 376 g/mol. The van der Waals surface area contributed by atoms with Gasteiger partial charge >= 0.3 is 5.97 Å². The molecule has 8 heteroatoms. The molecule has 1 aromatic carbocycles. The Bertz CT molecular complexity index is 764. The lowest BCUT2D eigenvalue weighted by Crippen LogP contribution is -2.45. The van der Waals surface area contributed by atoms with Crippen LogP contribution < -0.4 is 10.2 Å². The highest BCUT2D eigenvalue weighted by Gasteiger charge is 2.24. The summed E-state index contributed by atoms with van der Waals surface area (Å²) >= 11 is 6.31. The monoisotopic (exact) mass is 375 g/mol. The predicted octanol–water partition coefficient (Wildman–Crippen LogP) is 2.28. The van der Waals surface area contributed by atoms with Crippen LogP contribution >= 0.6 is 11.6 Å². The maximum Gasteiger partial charge on any atom is 0.344 e. The first kappa shape index (κ1) is 18.4. The number of piperazine rings is 1. The van der Waals surface area contributed by atoms with Gasteiger partial charge in [0.2, 0.25) is 5.95 Å². The number of aromatic nitrogens is 2. The summed E-state index contributed by atoms with van der Waals surface area (Å²) in [6, 6.07) is 9.86. The molecule has 26 heavy (non-hydrogen) atoms. The van der Waals surface area contributed by atoms with Crippen molar-refractivity contribution in [1.82, 2.24) is 14.9 Å². The molecule has 0 amide bonds. The average Bonchev–Trinajstić information content (AvgIpc) is 2.67. The molecular formula is C18H22ClN5O2. The molecule has 0 unspecified atom stereocenters. The van der Waals surface area contributed by atoms with Crippen LogP contribution in [0.25, 0.3) is 0 Å². The van der Waals surface area contributed by atoms with Crippen molar-refractivity contribution in [3.05, 3.63) is 46.6 Å². The van der Waals surface area contributed by atoms with Crippen molar-refractivity contribution in [2.24, 2.45) is 0 Å². The van der Waals surface area contributed by atoms with Gasteiger partial charge in [0.25, 0.3) is 0 Å². The first-order valence-electron chi connectivity index (χ1n) is 8.45. The van der Waals surface area contributed by atoms with Gasteiger partial charge in [-0.2, -0.15) is 9.97 Å². The predicted molar refractivity (Wildman–Crippen MR) is 102 cm³/mol. The maximum atomic E-state index is 12.2. The fourth-order valence-electron chi connectivity index (χ4n) is 2.76. The van der Waals surface area contributed by atoms with Gasteiger partial charge in [0.1, 0.15) is 11.4 Å². The molecule has 1 aliphatic rings. The minimum absolute atomic E-state index is 0.0938. The van der Waals surface area contributed by atoms with Crippen LogP contribution in [0.2, 0.25) is 5.15 Å². The minimum atomic E-state index is -0.560. The minimum Gasteiger partial charge on any atom is -0.465 e. The van der Waals surface area contributed by atoms with E-state index in [0.29, 0.717) is 18.3 Å². The van der Waals surface area contributed by atoms with Gasteiger partial charge in [0.15, 0.2) is 5.15 Å². The zero-order valence-electron chi connectivity index (χ0n) is 14.9. The van der Waals surface area contributed by atoms with Gasteiger partial charge in [-0.1, -0.05) is 41.9 Å². The third-order valence-corrected chi connectivity index (χ3v) is 4.60. The molecule has 1 saturated heterocycles. The van der Waals surface area contributed by atoms with Gasteiger partial charge in [0, 0.05) is 32.7 Å². The van der Waals surface area contributed by atoms with Crippen LogP contribution in [0.15, 0.2) is 30.3 Å². The fraction of sp³-hybridized carbons (Fsp3) is 0.389. The van der Waals surface area contributed by atoms with Crippen LogP contribution in [0.5, 0.6) is 0 Å². The van der Waals surface area contributed by atoms with Gasteiger partial charge in [-0.3, -0.25) is 0 Å². The zero-order chi connectivity index (χ0) is 18.5. The molecule has 1 fully saturated rings. The molecule has 0 radical (unpaired) electrons. The van der Waals surface area contributed by atoms with Gasteiger partial charge < -0.3 is 19.9 Å². The van der Waals surface area contributed by atoms with Crippen LogP contribution in [0.3, 0.4) is 0 Å². The molecular weight excluding hydrogens is 354 g/mol. The van der Waals surface area contributed by atoms with E-state index < -0.39 is 5.97 Å². The molecule has 1 aliphatic heterocycles. The number of carbonyl (C=O) groups excluding carboxylic acids is 1. The molecule has 3 rings (SSSR count). The van der Waals surface area contributed by atoms with Crippen molar-refractivity contribution in [3.8, 4) is 0 Å². The van der Waals surface area contributed by atoms with Gasteiger partial charge in [-0.15, -0.1) is 0 Å². The first-order valence-corrected chi connectivity index (χ1v) is 8.83. The number of anilines is 2. The number of nitrogens with zero attached hydrogens (tertiary/aromatic N) is 4. The van der Waals surface area contributed by atoms with Gasteiger partial charge in [-0.25, -0.2) is 4.79 Å². The van der Waals surface area contributed by atoms with E-state index in [4.69, 9.17) is 16.3 Å². The topological polar surface area (TPSA) is 70.6 Å². The number of methoxy groups -OCH3 is 1. The molecule has 2 aromatic rings. The number of benzene rings is 1. The molecule has 7 nitrogen and oxygen atoms in total. The Morgan fingerprint density at radius 3 is 2.54 bits per heavy atom. The number of nitrogens with one attached hydrogen (secondary N) is 1. The lowest BCUT2D eigenvalue weighted by atomic mass is 10.2. The summed E-state index contributed by atoms with van der Waals surface area (Å²) in [5.74, 6) is 0.344. The number of rotatable bonds is 5. The van der Waals surface area contributed by atoms with Crippen molar-refractivity contribution in [3.63, 3.8) is 0 Å². The smallest absolute Gasteiger partial charge is 0.344 e. The number of carbonyl (C=O) groups is 1. The van der Waals surface area contributed by atoms with Crippen LogP contribution in [-0.4, -0.2) is 61.2 Å². The maximum absolute atomic E-state index is 12.2. The highest BCUT2D eigenvalue weighted by atomic mass is 35.5. The molecule has 2 heterocycles. The number of hydrogen-bond donors (Lipinski definition) is 1. The molecule has 1 aromatic heterocycles. The molecule has 0 atom stereocenters. The summed E-state index contributed by atoms with van der Waals surface area (Å²) in [4.78, 5) is 25.4. The summed E-state index contributed by atoms with van der Waals surface area (Å²) in [6.45, 7) is 3.98. The lowest BCUT2D eigenvalue weighted by Gasteiger charge is -2.32. The Hall–Kier alpha value is -2.38. The summed E-state index contributed by atoms with van der Waals surface area (Å²) in [7, 11) is 3.40. The van der Waals surface area contributed by atoms with Crippen LogP contribution in [-0.2, 0) is 11.3 Å². The number of esters is 1. The molecule has 0 spiro atoms. The largest absolute Gasteiger partial charge is 0.465 e. The third kappa shape index (κ3) is 4.23. The van der Waals surface area contributed by atoms with E-state index in [9.17, 15) is 4.79 Å². The van der Waals surface area contributed by atoms with E-state index in [0.717, 1.165) is 31.7 Å². The van der Waals surface area contributed by atoms with Crippen molar-refractivity contribution in [2.45, 2.75) is 6.54 Å². The zero-order valence-corrected chi connectivity index (χ0v) is 15.7. The summed E-state index contributed by atoms with van der Waals surface area (Å²) in [5.41, 5.74) is 1.22. The van der Waals surface area contributed by atoms with E-state index >= 15 is 0 Å². The summed E-state index contributed by atoms with van der Waals surface area (Å²) < 4.78 is 4.85. The van der Waals surface area contributed by atoms with Crippen molar-refractivity contribution >= 4 is 29.3 Å². The molecule has 0 bridgehead atoms. The summed E-state index contributed by atoms with van der Waals surface area (Å²) in [5, 5.41) is 3.29. The molecule has 1 N–H and O–H groups in total. The second-order valence-corrected chi connectivity index (χ2v) is 6.52. The second-order valence-electron chi connectivity index (χ2n) is 6.16. The Kier molecular flexibility index (Phi) is 5.90. The quantitative estimate of drug-likeness (QED) is 0.635. The fourth-order valence-corrected chi connectivity index (χ4v) is 3.00. The first-order chi connectivity index (χ1) is 12.6.